The molecule has 0 aliphatic carbocycles. The molecule has 3 heterocycles. The van der Waals surface area contributed by atoms with Crippen LogP contribution in [0.2, 0.25) is 0 Å². The minimum absolute atomic E-state index is 0.0650. The number of nitrogens with one attached hydrogen (secondary N) is 1. The van der Waals surface area contributed by atoms with Crippen molar-refractivity contribution in [3.05, 3.63) is 40.0 Å². The summed E-state index contributed by atoms with van der Waals surface area (Å²) in [6.45, 7) is 8.34. The Hall–Kier alpha value is -2.94. The molecule has 2 aromatic heterocycles. The zero-order valence-electron chi connectivity index (χ0n) is 20.2. The average Bonchev–Trinajstić information content (AvgIpc) is 3.39. The van der Waals surface area contributed by atoms with Gasteiger partial charge in [0.1, 0.15) is 22.8 Å². The number of hydrogen-bond acceptors (Lipinski definition) is 6. The summed E-state index contributed by atoms with van der Waals surface area (Å²) < 4.78 is 24.6. The van der Waals surface area contributed by atoms with Gasteiger partial charge >= 0.3 is 12.1 Å². The molecular weight excluding hydrogens is 457 g/mol. The first-order chi connectivity index (χ1) is 16.1. The highest BCUT2D eigenvalue weighted by atomic mass is 32.1. The highest BCUT2D eigenvalue weighted by Crippen LogP contribution is 2.42. The zero-order chi connectivity index (χ0) is 24.6. The number of H-pyrrole nitrogens is 1. The molecule has 0 saturated heterocycles. The Kier molecular flexibility index (Phi) is 6.66. The van der Waals surface area contributed by atoms with E-state index in [1.165, 1.54) is 18.7 Å². The lowest BCUT2D eigenvalue weighted by Gasteiger charge is -2.36. The number of carbonyl (C=O) groups is 2. The number of unbranched alkanes of at least 4 members (excludes halogenated alkanes) is 1. The molecule has 34 heavy (non-hydrogen) atoms. The molecule has 0 bridgehead atoms. The second-order valence-corrected chi connectivity index (χ2v) is 10.6. The van der Waals surface area contributed by atoms with Gasteiger partial charge in [-0.1, -0.05) is 19.8 Å². The van der Waals surface area contributed by atoms with Crippen LogP contribution < -0.4 is 0 Å². The SMILES string of the molecule is CCCCC1c2sc(-c3nc4c(C(=O)OC)cc(F)cc4[nH]3)cc2CCN1C(=O)OC(C)(C)C. The largest absolute Gasteiger partial charge is 0.465 e. The van der Waals surface area contributed by atoms with Crippen molar-refractivity contribution in [2.75, 3.05) is 13.7 Å². The van der Waals surface area contributed by atoms with E-state index in [2.05, 4.69) is 23.0 Å². The number of hydrogen-bond donors (Lipinski definition) is 1. The lowest BCUT2D eigenvalue weighted by Crippen LogP contribution is -2.42. The minimum Gasteiger partial charge on any atom is -0.465 e. The van der Waals surface area contributed by atoms with Crippen LogP contribution in [0, 0.1) is 5.82 Å². The number of halogens is 1. The third-order valence-electron chi connectivity index (χ3n) is 5.79. The van der Waals surface area contributed by atoms with Crippen molar-refractivity contribution in [2.24, 2.45) is 0 Å². The Balaban J connectivity index is 1.72. The van der Waals surface area contributed by atoms with Gasteiger partial charge in [-0.3, -0.25) is 0 Å². The molecular formula is C25H30FN3O4S. The summed E-state index contributed by atoms with van der Waals surface area (Å²) in [6, 6.07) is 4.47. The van der Waals surface area contributed by atoms with Crippen molar-refractivity contribution in [3.63, 3.8) is 0 Å². The van der Waals surface area contributed by atoms with Crippen molar-refractivity contribution in [2.45, 2.75) is 65.0 Å². The number of amides is 1. The third kappa shape index (κ3) is 4.80. The Morgan fingerprint density at radius 1 is 1.29 bits per heavy atom. The summed E-state index contributed by atoms with van der Waals surface area (Å²) >= 11 is 1.57. The minimum atomic E-state index is -0.638. The number of carbonyl (C=O) groups excluding carboxylic acids is 2. The van der Waals surface area contributed by atoms with Gasteiger partial charge in [0, 0.05) is 11.4 Å². The van der Waals surface area contributed by atoms with Crippen LogP contribution in [0.5, 0.6) is 0 Å². The van der Waals surface area contributed by atoms with Gasteiger partial charge in [-0.25, -0.2) is 19.0 Å². The molecule has 0 radical (unpaired) electrons. The summed E-state index contributed by atoms with van der Waals surface area (Å²) in [5, 5.41) is 0. The van der Waals surface area contributed by atoms with E-state index in [0.29, 0.717) is 23.4 Å². The van der Waals surface area contributed by atoms with Crippen molar-refractivity contribution >= 4 is 34.4 Å². The van der Waals surface area contributed by atoms with Gasteiger partial charge in [0.05, 0.1) is 29.1 Å². The van der Waals surface area contributed by atoms with Crippen LogP contribution >= 0.6 is 11.3 Å². The van der Waals surface area contributed by atoms with E-state index in [1.807, 2.05) is 25.7 Å². The fraction of sp³-hybridized carbons (Fsp3) is 0.480. The Morgan fingerprint density at radius 2 is 2.06 bits per heavy atom. The zero-order valence-corrected chi connectivity index (χ0v) is 21.0. The van der Waals surface area contributed by atoms with Gasteiger partial charge < -0.3 is 19.4 Å². The molecule has 0 fully saturated rings. The summed E-state index contributed by atoms with van der Waals surface area (Å²) in [5.41, 5.74) is 1.50. The van der Waals surface area contributed by atoms with Gasteiger partial charge in [-0.05, 0) is 57.4 Å². The maximum Gasteiger partial charge on any atom is 0.410 e. The van der Waals surface area contributed by atoms with Crippen LogP contribution in [-0.4, -0.2) is 46.2 Å². The maximum absolute atomic E-state index is 14.1. The second-order valence-electron chi connectivity index (χ2n) is 9.51. The lowest BCUT2D eigenvalue weighted by atomic mass is 9.97. The van der Waals surface area contributed by atoms with E-state index in [0.717, 1.165) is 41.5 Å². The molecule has 9 heteroatoms. The number of aromatic amines is 1. The van der Waals surface area contributed by atoms with Gasteiger partial charge in [-0.15, -0.1) is 11.3 Å². The number of thiophene rings is 1. The van der Waals surface area contributed by atoms with Crippen molar-refractivity contribution in [3.8, 4) is 10.7 Å². The third-order valence-corrected chi connectivity index (χ3v) is 7.08. The molecule has 1 unspecified atom stereocenters. The van der Waals surface area contributed by atoms with Gasteiger partial charge in [0.2, 0.25) is 0 Å². The summed E-state index contributed by atoms with van der Waals surface area (Å²) in [5.74, 6) is -0.620. The first-order valence-corrected chi connectivity index (χ1v) is 12.3. The number of methoxy groups -OCH3 is 1. The highest BCUT2D eigenvalue weighted by molar-refractivity contribution is 7.15. The predicted molar refractivity (Wildman–Crippen MR) is 130 cm³/mol. The molecule has 1 aliphatic rings. The average molecular weight is 488 g/mol. The molecule has 1 aromatic carbocycles. The number of aromatic nitrogens is 2. The molecule has 3 aromatic rings. The van der Waals surface area contributed by atoms with Crippen LogP contribution in [-0.2, 0) is 15.9 Å². The molecule has 1 amide bonds. The summed E-state index contributed by atoms with van der Waals surface area (Å²) in [7, 11) is 1.26. The molecule has 1 N–H and O–H groups in total. The van der Waals surface area contributed by atoms with Gasteiger partial charge in [0.25, 0.3) is 0 Å². The number of fused-ring (bicyclic) bond motifs is 2. The van der Waals surface area contributed by atoms with E-state index >= 15 is 0 Å². The highest BCUT2D eigenvalue weighted by Gasteiger charge is 2.35. The van der Waals surface area contributed by atoms with Crippen molar-refractivity contribution < 1.29 is 23.5 Å². The smallest absolute Gasteiger partial charge is 0.410 e. The van der Waals surface area contributed by atoms with Crippen LogP contribution in [0.15, 0.2) is 18.2 Å². The fourth-order valence-electron chi connectivity index (χ4n) is 4.26. The number of rotatable bonds is 5. The summed E-state index contributed by atoms with van der Waals surface area (Å²) in [6.07, 6.45) is 3.29. The van der Waals surface area contributed by atoms with Gasteiger partial charge in [0.15, 0.2) is 0 Å². The second kappa shape index (κ2) is 9.37. The number of nitrogens with zero attached hydrogens (tertiary/aromatic N) is 2. The summed E-state index contributed by atoms with van der Waals surface area (Å²) in [4.78, 5) is 36.7. The molecule has 1 aliphatic heterocycles. The van der Waals surface area contributed by atoms with Gasteiger partial charge in [-0.2, -0.15) is 0 Å². The van der Waals surface area contributed by atoms with Crippen molar-refractivity contribution in [1.82, 2.24) is 14.9 Å². The van der Waals surface area contributed by atoms with E-state index in [1.54, 1.807) is 11.3 Å². The van der Waals surface area contributed by atoms with Crippen LogP contribution in [0.3, 0.4) is 0 Å². The van der Waals surface area contributed by atoms with Crippen molar-refractivity contribution in [1.29, 1.82) is 0 Å². The standard InChI is InChI=1S/C25H30FN3O4S/c1-6-7-8-18-21-14(9-10-29(18)24(31)33-25(2,3)4)11-19(34-21)22-27-17-13-15(26)12-16(20(17)28-22)23(30)32-5/h11-13,18H,6-10H2,1-5H3,(H,27,28). The van der Waals surface area contributed by atoms with E-state index < -0.39 is 17.4 Å². The molecule has 1 atom stereocenters. The van der Waals surface area contributed by atoms with E-state index in [4.69, 9.17) is 9.47 Å². The Bertz CT molecular complexity index is 1230. The van der Waals surface area contributed by atoms with E-state index in [-0.39, 0.29) is 17.7 Å². The lowest BCUT2D eigenvalue weighted by molar-refractivity contribution is 0.0135. The number of imidazole rings is 1. The number of esters is 1. The quantitative estimate of drug-likeness (QED) is 0.431. The fourth-order valence-corrected chi connectivity index (χ4v) is 5.57. The molecule has 4 rings (SSSR count). The normalized spacial score (nSPS) is 15.9. The molecule has 182 valence electrons. The molecule has 0 spiro atoms. The molecule has 7 nitrogen and oxygen atoms in total. The Labute approximate surface area is 202 Å². The number of ether oxygens (including phenoxy) is 2. The van der Waals surface area contributed by atoms with Crippen LogP contribution in [0.4, 0.5) is 9.18 Å². The van der Waals surface area contributed by atoms with Crippen LogP contribution in [0.25, 0.3) is 21.7 Å². The maximum atomic E-state index is 14.1. The number of benzene rings is 1. The monoisotopic (exact) mass is 487 g/mol. The molecule has 0 saturated carbocycles. The predicted octanol–water partition coefficient (Wildman–Crippen LogP) is 6.24. The Morgan fingerprint density at radius 3 is 2.74 bits per heavy atom. The topological polar surface area (TPSA) is 84.5 Å². The van der Waals surface area contributed by atoms with E-state index in [9.17, 15) is 14.0 Å². The first-order valence-electron chi connectivity index (χ1n) is 11.5. The van der Waals surface area contributed by atoms with Crippen LogP contribution in [0.1, 0.15) is 73.8 Å². The first kappa shape index (κ1) is 24.2.